The van der Waals surface area contributed by atoms with Gasteiger partial charge in [0.25, 0.3) is 7.82 Å². The third-order valence-electron chi connectivity index (χ3n) is 8.22. The Bertz CT molecular complexity index is 1140. The van der Waals surface area contributed by atoms with Crippen LogP contribution in [0.4, 0.5) is 0 Å². The van der Waals surface area contributed by atoms with Crippen molar-refractivity contribution in [3.63, 3.8) is 0 Å². The van der Waals surface area contributed by atoms with Crippen LogP contribution in [0.2, 0.25) is 0 Å². The number of unbranched alkanes of at least 4 members (excludes halogenated alkanes) is 7. The van der Waals surface area contributed by atoms with Crippen LogP contribution in [-0.2, 0) is 32.7 Å². The summed E-state index contributed by atoms with van der Waals surface area (Å²) < 4.78 is 33.5. The van der Waals surface area contributed by atoms with Gasteiger partial charge in [-0.25, -0.2) is 0 Å². The summed E-state index contributed by atoms with van der Waals surface area (Å²) in [5.74, 6) is -1.14. The minimum atomic E-state index is -4.71. The smallest absolute Gasteiger partial charge is 0.306 e. The van der Waals surface area contributed by atoms with Crippen molar-refractivity contribution in [3.05, 3.63) is 60.8 Å². The summed E-state index contributed by atoms with van der Waals surface area (Å²) in [6.45, 7) is 3.68. The van der Waals surface area contributed by atoms with E-state index in [9.17, 15) is 29.3 Å². The first kappa shape index (κ1) is 51.6. The van der Waals surface area contributed by atoms with Crippen LogP contribution in [0.3, 0.4) is 0 Å². The van der Waals surface area contributed by atoms with Crippen molar-refractivity contribution in [3.8, 4) is 0 Å². The van der Waals surface area contributed by atoms with Gasteiger partial charge in [-0.2, -0.15) is 0 Å². The molecule has 0 aromatic heterocycles. The minimum Gasteiger partial charge on any atom is -0.756 e. The molecule has 0 heterocycles. The number of nitrogens with zero attached hydrogens (tertiary/aromatic N) is 1. The molecule has 0 radical (unpaired) electrons. The lowest BCUT2D eigenvalue weighted by Gasteiger charge is -2.28. The highest BCUT2D eigenvalue weighted by molar-refractivity contribution is 7.45. The molecule has 54 heavy (non-hydrogen) atoms. The number of esters is 2. The van der Waals surface area contributed by atoms with Crippen LogP contribution in [0.1, 0.15) is 129 Å². The van der Waals surface area contributed by atoms with Crippen molar-refractivity contribution in [1.29, 1.82) is 0 Å². The van der Waals surface area contributed by atoms with Gasteiger partial charge < -0.3 is 38.1 Å². The third kappa shape index (κ3) is 35.3. The number of phosphoric ester groups is 1. The molecule has 0 rings (SSSR count). The van der Waals surface area contributed by atoms with Crippen molar-refractivity contribution < 1.29 is 52.3 Å². The average molecular weight is 784 g/mol. The Morgan fingerprint density at radius 1 is 0.685 bits per heavy atom. The van der Waals surface area contributed by atoms with Gasteiger partial charge in [-0.05, 0) is 70.6 Å². The molecule has 0 aliphatic heterocycles. The normalized spacial score (nSPS) is 15.5. The van der Waals surface area contributed by atoms with Gasteiger partial charge in [-0.1, -0.05) is 107 Å². The lowest BCUT2D eigenvalue weighted by Crippen LogP contribution is -2.37. The fourth-order valence-electron chi connectivity index (χ4n) is 4.90. The maximum atomic E-state index is 12.7. The van der Waals surface area contributed by atoms with E-state index in [0.29, 0.717) is 17.4 Å². The zero-order chi connectivity index (χ0) is 40.3. The molecule has 2 N–H and O–H groups in total. The van der Waals surface area contributed by atoms with Gasteiger partial charge in [-0.15, -0.1) is 0 Å². The molecule has 0 amide bonds. The van der Waals surface area contributed by atoms with E-state index < -0.39 is 44.7 Å². The Balaban J connectivity index is 4.70. The van der Waals surface area contributed by atoms with Gasteiger partial charge in [0.15, 0.2) is 6.10 Å². The highest BCUT2D eigenvalue weighted by atomic mass is 31.2. The second kappa shape index (κ2) is 33.9. The van der Waals surface area contributed by atoms with Crippen LogP contribution < -0.4 is 4.89 Å². The SMILES string of the molecule is CC/C=C\C/C=C\C/C=C\C/C=C\C[C@@H](O)[C@H](O)CCCC(=O)O[C@H](COC(=O)CCCCCCC/C=C\CCCC)COP(=O)([O-])OCC[N+](C)(C)C. The predicted octanol–water partition coefficient (Wildman–Crippen LogP) is 8.21. The highest BCUT2D eigenvalue weighted by Gasteiger charge is 2.22. The number of phosphoric acid groups is 1. The van der Waals surface area contributed by atoms with Gasteiger partial charge in [0.1, 0.15) is 19.8 Å². The molecule has 12 heteroatoms. The fraction of sp³-hybridized carbons (Fsp3) is 0.714. The number of carbonyl (C=O) groups excluding carboxylic acids is 2. The molecular weight excluding hydrogens is 709 g/mol. The number of hydrogen-bond donors (Lipinski definition) is 2. The lowest BCUT2D eigenvalue weighted by molar-refractivity contribution is -0.870. The van der Waals surface area contributed by atoms with Gasteiger partial charge >= 0.3 is 11.9 Å². The Labute approximate surface area is 327 Å². The Morgan fingerprint density at radius 3 is 1.89 bits per heavy atom. The summed E-state index contributed by atoms with van der Waals surface area (Å²) >= 11 is 0. The lowest BCUT2D eigenvalue weighted by atomic mass is 10.0. The fourth-order valence-corrected chi connectivity index (χ4v) is 5.63. The molecule has 0 aromatic carbocycles. The number of rotatable bonds is 35. The minimum absolute atomic E-state index is 0.0875. The number of aliphatic hydroxyl groups excluding tert-OH is 2. The number of quaternary nitrogens is 1. The molecule has 4 atom stereocenters. The van der Waals surface area contributed by atoms with Crippen LogP contribution in [-0.4, -0.2) is 92.5 Å². The summed E-state index contributed by atoms with van der Waals surface area (Å²) in [5.41, 5.74) is 0. The zero-order valence-corrected chi connectivity index (χ0v) is 35.0. The number of ether oxygens (including phenoxy) is 2. The Kier molecular flexibility index (Phi) is 32.4. The number of carbonyl (C=O) groups is 2. The largest absolute Gasteiger partial charge is 0.756 e. The second-order valence-electron chi connectivity index (χ2n) is 14.6. The first-order valence-corrected chi connectivity index (χ1v) is 21.6. The van der Waals surface area contributed by atoms with Crippen molar-refractivity contribution in [2.45, 2.75) is 148 Å². The molecule has 0 bridgehead atoms. The summed E-state index contributed by atoms with van der Waals surface area (Å²) in [5, 5.41) is 20.7. The van der Waals surface area contributed by atoms with Crippen molar-refractivity contribution in [2.75, 3.05) is 47.5 Å². The van der Waals surface area contributed by atoms with E-state index in [-0.39, 0.29) is 45.3 Å². The average Bonchev–Trinajstić information content (AvgIpc) is 3.11. The van der Waals surface area contributed by atoms with Crippen LogP contribution in [0, 0.1) is 0 Å². The Hall–Kier alpha value is -2.37. The van der Waals surface area contributed by atoms with E-state index in [4.69, 9.17) is 18.5 Å². The predicted molar refractivity (Wildman–Crippen MR) is 215 cm³/mol. The van der Waals surface area contributed by atoms with E-state index in [1.807, 2.05) is 39.4 Å². The second-order valence-corrected chi connectivity index (χ2v) is 16.0. The maximum absolute atomic E-state index is 12.7. The molecule has 0 spiro atoms. The molecule has 0 aliphatic rings. The van der Waals surface area contributed by atoms with Crippen LogP contribution in [0.25, 0.3) is 0 Å². The first-order chi connectivity index (χ1) is 25.8. The monoisotopic (exact) mass is 784 g/mol. The van der Waals surface area contributed by atoms with Gasteiger partial charge in [0.05, 0.1) is 40.0 Å². The standard InChI is InChI=1S/C42H74NO10P/c1-6-8-10-12-14-16-18-20-21-23-25-27-30-39(44)40(45)31-29-33-42(47)53-38(37-52-54(48,49)51-35-34-43(3,4)5)36-50-41(46)32-28-26-24-22-19-17-15-13-11-9-7-2/h8,10,13-16,20-21,25,27,38-40,44-45H,6-7,9,11-12,17-19,22-24,26,28-37H2,1-5H3/b10-8-,15-13-,16-14-,21-20-,27-25-/t38-,39-,40-/m1/s1. The topological polar surface area (TPSA) is 152 Å². The first-order valence-electron chi connectivity index (χ1n) is 20.2. The van der Waals surface area contributed by atoms with Crippen molar-refractivity contribution >= 4 is 19.8 Å². The van der Waals surface area contributed by atoms with E-state index >= 15 is 0 Å². The van der Waals surface area contributed by atoms with E-state index in [1.54, 1.807) is 0 Å². The molecule has 0 saturated heterocycles. The molecule has 312 valence electrons. The van der Waals surface area contributed by atoms with Gasteiger partial charge in [0, 0.05) is 12.8 Å². The van der Waals surface area contributed by atoms with Crippen LogP contribution in [0.5, 0.6) is 0 Å². The van der Waals surface area contributed by atoms with E-state index in [0.717, 1.165) is 64.2 Å². The number of allylic oxidation sites excluding steroid dienone is 9. The third-order valence-corrected chi connectivity index (χ3v) is 9.19. The number of hydrogen-bond acceptors (Lipinski definition) is 10. The molecular formula is C42H74NO10P. The van der Waals surface area contributed by atoms with E-state index in [1.165, 1.54) is 12.8 Å². The molecule has 0 aromatic rings. The van der Waals surface area contributed by atoms with Crippen LogP contribution >= 0.6 is 7.82 Å². The zero-order valence-electron chi connectivity index (χ0n) is 34.1. The number of aliphatic hydroxyl groups is 2. The number of likely N-dealkylation sites (N-methyl/N-ethyl adjacent to an activating group) is 1. The van der Waals surface area contributed by atoms with Crippen LogP contribution in [0.15, 0.2) is 60.8 Å². The molecule has 0 saturated carbocycles. The van der Waals surface area contributed by atoms with Crippen molar-refractivity contribution in [2.24, 2.45) is 0 Å². The van der Waals surface area contributed by atoms with Crippen molar-refractivity contribution in [1.82, 2.24) is 0 Å². The summed E-state index contributed by atoms with van der Waals surface area (Å²) in [4.78, 5) is 37.4. The summed E-state index contributed by atoms with van der Waals surface area (Å²) in [6.07, 6.45) is 31.4. The van der Waals surface area contributed by atoms with Gasteiger partial charge in [-0.3, -0.25) is 14.2 Å². The molecule has 0 fully saturated rings. The van der Waals surface area contributed by atoms with Gasteiger partial charge in [0.2, 0.25) is 0 Å². The molecule has 0 aliphatic carbocycles. The highest BCUT2D eigenvalue weighted by Crippen LogP contribution is 2.38. The Morgan fingerprint density at radius 2 is 1.26 bits per heavy atom. The van der Waals surface area contributed by atoms with E-state index in [2.05, 4.69) is 56.4 Å². The quantitative estimate of drug-likeness (QED) is 0.0212. The maximum Gasteiger partial charge on any atom is 0.306 e. The summed E-state index contributed by atoms with van der Waals surface area (Å²) in [7, 11) is 0.971. The molecule has 11 nitrogen and oxygen atoms in total. The molecule has 1 unspecified atom stereocenters. The summed E-state index contributed by atoms with van der Waals surface area (Å²) in [6, 6.07) is 0.